The van der Waals surface area contributed by atoms with Gasteiger partial charge in [0, 0.05) is 18.7 Å². The van der Waals surface area contributed by atoms with E-state index in [4.69, 9.17) is 9.84 Å². The zero-order chi connectivity index (χ0) is 11.7. The average molecular weight is 221 g/mol. The van der Waals surface area contributed by atoms with Crippen molar-refractivity contribution < 1.29 is 14.6 Å². The first-order chi connectivity index (χ1) is 7.61. The number of β-amino-alcohol motifs (C(OH)–C–C–N with tert-alkyl or cyclic N) is 1. The molecule has 0 atom stereocenters. The third-order valence-electron chi connectivity index (χ3n) is 2.79. The molecule has 1 N–H and O–H groups in total. The number of aliphatic hydroxyl groups excluding tert-OH is 1. The van der Waals surface area contributed by atoms with E-state index in [0.717, 1.165) is 11.3 Å². The Kier molecular flexibility index (Phi) is 2.83. The standard InChI is InChI=1S/C12H15NO3/c1-8-5-9(3-4-11(8)16-2)12(15)13-6-10(14)7-13/h3-5,10,14H,6-7H2,1-2H3. The predicted molar refractivity (Wildman–Crippen MR) is 59.6 cm³/mol. The molecule has 0 saturated carbocycles. The Labute approximate surface area is 94.4 Å². The number of amides is 1. The van der Waals surface area contributed by atoms with Gasteiger partial charge in [-0.05, 0) is 30.7 Å². The third-order valence-corrected chi connectivity index (χ3v) is 2.79. The highest BCUT2D eigenvalue weighted by Crippen LogP contribution is 2.20. The summed E-state index contributed by atoms with van der Waals surface area (Å²) < 4.78 is 5.13. The van der Waals surface area contributed by atoms with Crippen molar-refractivity contribution in [1.82, 2.24) is 4.90 Å². The minimum atomic E-state index is -0.358. The highest BCUT2D eigenvalue weighted by Gasteiger charge is 2.29. The van der Waals surface area contributed by atoms with Gasteiger partial charge < -0.3 is 14.7 Å². The first-order valence-corrected chi connectivity index (χ1v) is 5.24. The maximum absolute atomic E-state index is 11.9. The summed E-state index contributed by atoms with van der Waals surface area (Å²) in [6.07, 6.45) is -0.358. The van der Waals surface area contributed by atoms with Crippen LogP contribution in [0, 0.1) is 6.92 Å². The first kappa shape index (κ1) is 11.0. The van der Waals surface area contributed by atoms with Gasteiger partial charge in [0.1, 0.15) is 5.75 Å². The van der Waals surface area contributed by atoms with Gasteiger partial charge in [0.15, 0.2) is 0 Å². The van der Waals surface area contributed by atoms with Crippen LogP contribution < -0.4 is 4.74 Å². The lowest BCUT2D eigenvalue weighted by Crippen LogP contribution is -2.53. The minimum absolute atomic E-state index is 0.0314. The molecule has 0 radical (unpaired) electrons. The quantitative estimate of drug-likeness (QED) is 0.804. The molecule has 0 aromatic heterocycles. The highest BCUT2D eigenvalue weighted by molar-refractivity contribution is 5.95. The summed E-state index contributed by atoms with van der Waals surface area (Å²) in [5, 5.41) is 9.14. The lowest BCUT2D eigenvalue weighted by molar-refractivity contribution is 0.00589. The number of hydrogen-bond acceptors (Lipinski definition) is 3. The molecule has 1 aliphatic rings. The van der Waals surface area contributed by atoms with Gasteiger partial charge in [-0.1, -0.05) is 0 Å². The largest absolute Gasteiger partial charge is 0.496 e. The SMILES string of the molecule is COc1ccc(C(=O)N2CC(O)C2)cc1C. The molecule has 0 aliphatic carbocycles. The number of aliphatic hydroxyl groups is 1. The number of carbonyl (C=O) groups is 1. The normalized spacial score (nSPS) is 15.8. The molecule has 2 rings (SSSR count). The second-order valence-corrected chi connectivity index (χ2v) is 4.05. The van der Waals surface area contributed by atoms with E-state index in [-0.39, 0.29) is 12.0 Å². The number of aryl methyl sites for hydroxylation is 1. The van der Waals surface area contributed by atoms with Crippen molar-refractivity contribution in [3.63, 3.8) is 0 Å². The van der Waals surface area contributed by atoms with Gasteiger partial charge in [-0.15, -0.1) is 0 Å². The molecule has 1 fully saturated rings. The molecule has 1 aromatic rings. The summed E-state index contributed by atoms with van der Waals surface area (Å²) in [7, 11) is 1.61. The summed E-state index contributed by atoms with van der Waals surface area (Å²) in [5.41, 5.74) is 1.58. The Morgan fingerprint density at radius 1 is 1.50 bits per heavy atom. The van der Waals surface area contributed by atoms with Crippen LogP contribution in [0.25, 0.3) is 0 Å². The fourth-order valence-electron chi connectivity index (χ4n) is 1.82. The van der Waals surface area contributed by atoms with Crippen molar-refractivity contribution in [1.29, 1.82) is 0 Å². The van der Waals surface area contributed by atoms with Crippen LogP contribution in [0.15, 0.2) is 18.2 Å². The highest BCUT2D eigenvalue weighted by atomic mass is 16.5. The Balaban J connectivity index is 2.15. The molecule has 1 saturated heterocycles. The third kappa shape index (κ3) is 1.88. The Bertz CT molecular complexity index is 411. The minimum Gasteiger partial charge on any atom is -0.496 e. The van der Waals surface area contributed by atoms with Gasteiger partial charge in [0.25, 0.3) is 5.91 Å². The topological polar surface area (TPSA) is 49.8 Å². The van der Waals surface area contributed by atoms with Gasteiger partial charge in [0.05, 0.1) is 13.2 Å². The van der Waals surface area contributed by atoms with Crippen molar-refractivity contribution in [3.8, 4) is 5.75 Å². The second-order valence-electron chi connectivity index (χ2n) is 4.05. The molecule has 4 heteroatoms. The number of likely N-dealkylation sites (tertiary alicyclic amines) is 1. The monoisotopic (exact) mass is 221 g/mol. The average Bonchev–Trinajstić information content (AvgIpc) is 2.24. The molecule has 16 heavy (non-hydrogen) atoms. The smallest absolute Gasteiger partial charge is 0.254 e. The zero-order valence-electron chi connectivity index (χ0n) is 9.43. The molecule has 1 aromatic carbocycles. The molecule has 0 unspecified atom stereocenters. The van der Waals surface area contributed by atoms with Crippen molar-refractivity contribution >= 4 is 5.91 Å². The van der Waals surface area contributed by atoms with Gasteiger partial charge >= 0.3 is 0 Å². The Morgan fingerprint density at radius 2 is 2.19 bits per heavy atom. The number of methoxy groups -OCH3 is 1. The number of benzene rings is 1. The van der Waals surface area contributed by atoms with Crippen LogP contribution in [0.2, 0.25) is 0 Å². The van der Waals surface area contributed by atoms with Crippen molar-refractivity contribution in [2.75, 3.05) is 20.2 Å². The molecular weight excluding hydrogens is 206 g/mol. The molecule has 4 nitrogen and oxygen atoms in total. The molecule has 1 heterocycles. The molecule has 0 spiro atoms. The summed E-state index contributed by atoms with van der Waals surface area (Å²) in [6.45, 7) is 2.77. The van der Waals surface area contributed by atoms with E-state index in [2.05, 4.69) is 0 Å². The van der Waals surface area contributed by atoms with E-state index in [9.17, 15) is 4.79 Å². The van der Waals surface area contributed by atoms with E-state index in [0.29, 0.717) is 18.7 Å². The lowest BCUT2D eigenvalue weighted by atomic mass is 10.1. The Hall–Kier alpha value is -1.55. The molecule has 1 amide bonds. The summed E-state index contributed by atoms with van der Waals surface area (Å²) in [5.74, 6) is 0.747. The number of rotatable bonds is 2. The van der Waals surface area contributed by atoms with Crippen LogP contribution >= 0.6 is 0 Å². The van der Waals surface area contributed by atoms with Gasteiger partial charge in [0.2, 0.25) is 0 Å². The van der Waals surface area contributed by atoms with Crippen molar-refractivity contribution in [3.05, 3.63) is 29.3 Å². The van der Waals surface area contributed by atoms with Crippen LogP contribution in [-0.4, -0.2) is 42.2 Å². The van der Waals surface area contributed by atoms with Crippen LogP contribution in [-0.2, 0) is 0 Å². The van der Waals surface area contributed by atoms with Gasteiger partial charge in [-0.3, -0.25) is 4.79 Å². The summed E-state index contributed by atoms with van der Waals surface area (Å²) >= 11 is 0. The Morgan fingerprint density at radius 3 is 2.69 bits per heavy atom. The molecule has 0 bridgehead atoms. The van der Waals surface area contributed by atoms with E-state index in [1.807, 2.05) is 13.0 Å². The van der Waals surface area contributed by atoms with Gasteiger partial charge in [-0.25, -0.2) is 0 Å². The van der Waals surface area contributed by atoms with Crippen molar-refractivity contribution in [2.45, 2.75) is 13.0 Å². The lowest BCUT2D eigenvalue weighted by Gasteiger charge is -2.35. The van der Waals surface area contributed by atoms with E-state index in [1.54, 1.807) is 24.1 Å². The van der Waals surface area contributed by atoms with E-state index >= 15 is 0 Å². The number of nitrogens with zero attached hydrogens (tertiary/aromatic N) is 1. The van der Waals surface area contributed by atoms with Crippen LogP contribution in [0.3, 0.4) is 0 Å². The number of carbonyl (C=O) groups excluding carboxylic acids is 1. The maximum atomic E-state index is 11.9. The molecular formula is C12H15NO3. The summed E-state index contributed by atoms with van der Waals surface area (Å²) in [6, 6.07) is 5.35. The maximum Gasteiger partial charge on any atom is 0.254 e. The van der Waals surface area contributed by atoms with E-state index < -0.39 is 0 Å². The van der Waals surface area contributed by atoms with Crippen LogP contribution in [0.5, 0.6) is 5.75 Å². The van der Waals surface area contributed by atoms with Crippen molar-refractivity contribution in [2.24, 2.45) is 0 Å². The first-order valence-electron chi connectivity index (χ1n) is 5.24. The van der Waals surface area contributed by atoms with Crippen LogP contribution in [0.4, 0.5) is 0 Å². The fourth-order valence-corrected chi connectivity index (χ4v) is 1.82. The summed E-state index contributed by atoms with van der Waals surface area (Å²) in [4.78, 5) is 13.5. The number of hydrogen-bond donors (Lipinski definition) is 1. The predicted octanol–water partition coefficient (Wildman–Crippen LogP) is 0.820. The second kappa shape index (κ2) is 4.14. The van der Waals surface area contributed by atoms with E-state index in [1.165, 1.54) is 0 Å². The van der Waals surface area contributed by atoms with Gasteiger partial charge in [-0.2, -0.15) is 0 Å². The molecule has 86 valence electrons. The van der Waals surface area contributed by atoms with Crippen LogP contribution in [0.1, 0.15) is 15.9 Å². The number of ether oxygens (including phenoxy) is 1. The fraction of sp³-hybridized carbons (Fsp3) is 0.417. The molecule has 1 aliphatic heterocycles. The zero-order valence-corrected chi connectivity index (χ0v) is 9.43.